The number of fused-ring (bicyclic) bond motifs is 2. The third-order valence-corrected chi connectivity index (χ3v) is 4.39. The molecule has 1 aliphatic rings. The van der Waals surface area contributed by atoms with E-state index in [1.165, 1.54) is 5.69 Å². The summed E-state index contributed by atoms with van der Waals surface area (Å²) in [7, 11) is 0. The van der Waals surface area contributed by atoms with Crippen molar-refractivity contribution in [3.05, 3.63) is 47.8 Å². The minimum Gasteiger partial charge on any atom is -0.348 e. The Morgan fingerprint density at radius 3 is 3.05 bits per heavy atom. The summed E-state index contributed by atoms with van der Waals surface area (Å²) in [6, 6.07) is 9.79. The molecule has 22 heavy (non-hydrogen) atoms. The molecule has 6 heteroatoms. The number of amides is 1. The zero-order chi connectivity index (χ0) is 15.1. The van der Waals surface area contributed by atoms with Crippen LogP contribution in [-0.2, 0) is 6.54 Å². The molecule has 0 unspecified atom stereocenters. The molecule has 112 valence electrons. The predicted octanol–water partition coefficient (Wildman–Crippen LogP) is 2.37. The van der Waals surface area contributed by atoms with E-state index in [9.17, 15) is 4.79 Å². The molecule has 1 amide bonds. The van der Waals surface area contributed by atoms with Crippen LogP contribution in [0.5, 0.6) is 0 Å². The van der Waals surface area contributed by atoms with Crippen LogP contribution in [0, 0.1) is 0 Å². The van der Waals surface area contributed by atoms with Crippen LogP contribution in [0.3, 0.4) is 0 Å². The average Bonchev–Trinajstić information content (AvgIpc) is 3.21. The zero-order valence-electron chi connectivity index (χ0n) is 12.4. The van der Waals surface area contributed by atoms with Crippen molar-refractivity contribution >= 4 is 16.9 Å². The van der Waals surface area contributed by atoms with Gasteiger partial charge in [-0.2, -0.15) is 15.4 Å². The first kappa shape index (κ1) is 13.1. The van der Waals surface area contributed by atoms with Crippen LogP contribution in [-0.4, -0.2) is 37.3 Å². The molecule has 1 atom stereocenters. The van der Waals surface area contributed by atoms with E-state index in [0.717, 1.165) is 18.5 Å². The Morgan fingerprint density at radius 2 is 2.18 bits per heavy atom. The number of nitrogens with zero attached hydrogens (tertiary/aromatic N) is 4. The monoisotopic (exact) mass is 295 g/mol. The van der Waals surface area contributed by atoms with Gasteiger partial charge in [-0.25, -0.2) is 0 Å². The van der Waals surface area contributed by atoms with Gasteiger partial charge < -0.3 is 9.47 Å². The van der Waals surface area contributed by atoms with Gasteiger partial charge >= 0.3 is 0 Å². The summed E-state index contributed by atoms with van der Waals surface area (Å²) in [5.74, 6) is 0.0267. The average molecular weight is 295 g/mol. The van der Waals surface area contributed by atoms with Crippen LogP contribution >= 0.6 is 0 Å². The quantitative estimate of drug-likeness (QED) is 0.789. The van der Waals surface area contributed by atoms with E-state index in [-0.39, 0.29) is 11.9 Å². The number of H-pyrrole nitrogens is 1. The molecule has 1 N–H and O–H groups in total. The van der Waals surface area contributed by atoms with Crippen molar-refractivity contribution in [2.45, 2.75) is 25.9 Å². The molecule has 2 aromatic heterocycles. The van der Waals surface area contributed by atoms with Gasteiger partial charge in [-0.05, 0) is 30.7 Å². The number of aromatic nitrogens is 4. The van der Waals surface area contributed by atoms with E-state index < -0.39 is 0 Å². The van der Waals surface area contributed by atoms with Gasteiger partial charge in [0.15, 0.2) is 0 Å². The SMILES string of the molecule is CC[C@H]1c2cccn2CCN1C(=O)c1cccc2n[nH]nc12. The van der Waals surface area contributed by atoms with E-state index in [0.29, 0.717) is 17.6 Å². The van der Waals surface area contributed by atoms with Crippen LogP contribution < -0.4 is 0 Å². The maximum Gasteiger partial charge on any atom is 0.256 e. The number of carbonyl (C=O) groups is 1. The molecule has 0 saturated heterocycles. The van der Waals surface area contributed by atoms with Gasteiger partial charge in [0.05, 0.1) is 11.6 Å². The van der Waals surface area contributed by atoms with Crippen molar-refractivity contribution in [3.8, 4) is 0 Å². The van der Waals surface area contributed by atoms with E-state index in [2.05, 4.69) is 39.2 Å². The lowest BCUT2D eigenvalue weighted by molar-refractivity contribution is 0.0619. The summed E-state index contributed by atoms with van der Waals surface area (Å²) < 4.78 is 2.23. The molecule has 3 heterocycles. The van der Waals surface area contributed by atoms with E-state index in [1.54, 1.807) is 0 Å². The van der Waals surface area contributed by atoms with Gasteiger partial charge in [0.1, 0.15) is 11.0 Å². The van der Waals surface area contributed by atoms with Crippen molar-refractivity contribution < 1.29 is 4.79 Å². The summed E-state index contributed by atoms with van der Waals surface area (Å²) in [5, 5.41) is 10.8. The Balaban J connectivity index is 1.75. The molecule has 0 saturated carbocycles. The minimum absolute atomic E-state index is 0.0267. The highest BCUT2D eigenvalue weighted by Crippen LogP contribution is 2.30. The first-order chi connectivity index (χ1) is 10.8. The number of rotatable bonds is 2. The highest BCUT2D eigenvalue weighted by molar-refractivity contribution is 6.04. The molecule has 4 rings (SSSR count). The van der Waals surface area contributed by atoms with Gasteiger partial charge in [0.2, 0.25) is 0 Å². The van der Waals surface area contributed by atoms with E-state index >= 15 is 0 Å². The van der Waals surface area contributed by atoms with Crippen LogP contribution in [0.1, 0.15) is 35.4 Å². The first-order valence-corrected chi connectivity index (χ1v) is 7.55. The molecule has 1 aromatic carbocycles. The molecule has 0 bridgehead atoms. The fourth-order valence-electron chi connectivity index (χ4n) is 3.33. The van der Waals surface area contributed by atoms with Gasteiger partial charge in [-0.15, -0.1) is 0 Å². The Kier molecular flexibility index (Phi) is 2.96. The number of aromatic amines is 1. The minimum atomic E-state index is 0.0267. The van der Waals surface area contributed by atoms with Crippen LogP contribution in [0.2, 0.25) is 0 Å². The largest absolute Gasteiger partial charge is 0.348 e. The molecular weight excluding hydrogens is 278 g/mol. The van der Waals surface area contributed by atoms with Crippen molar-refractivity contribution in [1.82, 2.24) is 24.9 Å². The van der Waals surface area contributed by atoms with Crippen LogP contribution in [0.4, 0.5) is 0 Å². The number of hydrogen-bond acceptors (Lipinski definition) is 3. The van der Waals surface area contributed by atoms with Gasteiger partial charge in [-0.1, -0.05) is 13.0 Å². The smallest absolute Gasteiger partial charge is 0.256 e. The second-order valence-electron chi connectivity index (χ2n) is 5.55. The molecule has 1 aliphatic heterocycles. The lowest BCUT2D eigenvalue weighted by Crippen LogP contribution is -2.41. The van der Waals surface area contributed by atoms with E-state index in [1.807, 2.05) is 29.2 Å². The van der Waals surface area contributed by atoms with Crippen molar-refractivity contribution in [2.75, 3.05) is 6.54 Å². The highest BCUT2D eigenvalue weighted by atomic mass is 16.2. The summed E-state index contributed by atoms with van der Waals surface area (Å²) in [6.45, 7) is 3.66. The number of nitrogens with one attached hydrogen (secondary N) is 1. The summed E-state index contributed by atoms with van der Waals surface area (Å²) in [5.41, 5.74) is 3.18. The van der Waals surface area contributed by atoms with Crippen molar-refractivity contribution in [3.63, 3.8) is 0 Å². The molecule has 0 fully saturated rings. The molecule has 6 nitrogen and oxygen atoms in total. The summed E-state index contributed by atoms with van der Waals surface area (Å²) in [6.07, 6.45) is 2.97. The molecule has 0 radical (unpaired) electrons. The summed E-state index contributed by atoms with van der Waals surface area (Å²) in [4.78, 5) is 15.0. The predicted molar refractivity (Wildman–Crippen MR) is 82.4 cm³/mol. The van der Waals surface area contributed by atoms with Gasteiger partial charge in [0, 0.05) is 25.0 Å². The third-order valence-electron chi connectivity index (χ3n) is 4.39. The number of benzene rings is 1. The topological polar surface area (TPSA) is 66.8 Å². The van der Waals surface area contributed by atoms with E-state index in [4.69, 9.17) is 0 Å². The number of carbonyl (C=O) groups excluding carboxylic acids is 1. The number of hydrogen-bond donors (Lipinski definition) is 1. The van der Waals surface area contributed by atoms with Gasteiger partial charge in [0.25, 0.3) is 5.91 Å². The standard InChI is InChI=1S/C16H17N5O/c1-2-13-14-7-4-8-20(14)9-10-21(13)16(22)11-5-3-6-12-15(11)18-19-17-12/h3-8,13H,2,9-10H2,1H3,(H,17,18,19)/t13-/m0/s1. The Bertz CT molecular complexity index is 834. The molecule has 0 aliphatic carbocycles. The van der Waals surface area contributed by atoms with Crippen molar-refractivity contribution in [1.29, 1.82) is 0 Å². The molecular formula is C16H17N5O. The van der Waals surface area contributed by atoms with Crippen LogP contribution in [0.25, 0.3) is 11.0 Å². The second-order valence-corrected chi connectivity index (χ2v) is 5.55. The fourth-order valence-corrected chi connectivity index (χ4v) is 3.33. The van der Waals surface area contributed by atoms with Crippen molar-refractivity contribution in [2.24, 2.45) is 0 Å². The maximum absolute atomic E-state index is 13.0. The fraction of sp³-hybridized carbons (Fsp3) is 0.312. The lowest BCUT2D eigenvalue weighted by atomic mass is 10.0. The second kappa shape index (κ2) is 4.98. The number of para-hydroxylation sites is 1. The Labute approximate surface area is 127 Å². The van der Waals surface area contributed by atoms with Gasteiger partial charge in [-0.3, -0.25) is 4.79 Å². The lowest BCUT2D eigenvalue weighted by Gasteiger charge is -2.36. The Hall–Kier alpha value is -2.63. The molecule has 0 spiro atoms. The normalized spacial score (nSPS) is 17.7. The Morgan fingerprint density at radius 1 is 1.27 bits per heavy atom. The summed E-state index contributed by atoms with van der Waals surface area (Å²) >= 11 is 0. The molecule has 3 aromatic rings. The highest BCUT2D eigenvalue weighted by Gasteiger charge is 2.31. The first-order valence-electron chi connectivity index (χ1n) is 7.55. The maximum atomic E-state index is 13.0. The zero-order valence-corrected chi connectivity index (χ0v) is 12.4. The third kappa shape index (κ3) is 1.83. The van der Waals surface area contributed by atoms with Crippen LogP contribution in [0.15, 0.2) is 36.5 Å².